The number of likely N-dealkylation sites (tertiary alicyclic amines) is 1. The Kier molecular flexibility index (Phi) is 2.04. The van der Waals surface area contributed by atoms with E-state index >= 15 is 0 Å². The van der Waals surface area contributed by atoms with Gasteiger partial charge in [0.05, 0.1) is 0 Å². The molecule has 0 aromatic rings. The largest absolute Gasteiger partial charge is 0.401 e. The quantitative estimate of drug-likeness (QED) is 0.572. The lowest BCUT2D eigenvalue weighted by Crippen LogP contribution is -2.42. The van der Waals surface area contributed by atoms with Gasteiger partial charge in [-0.1, -0.05) is 6.42 Å². The van der Waals surface area contributed by atoms with E-state index in [1.54, 1.807) is 0 Å². The number of hydrogen-bond acceptors (Lipinski definition) is 2. The highest BCUT2D eigenvalue weighted by atomic mass is 28.2. The standard InChI is InChI=1S/C8H14NOSi/c11-10-8(4-5-8)9-6-2-1-3-7-9/h1-7H2. The second-order valence-electron chi connectivity index (χ2n) is 3.60. The smallest absolute Gasteiger partial charge is 0.248 e. The third-order valence-electron chi connectivity index (χ3n) is 2.80. The molecule has 0 N–H and O–H groups in total. The van der Waals surface area contributed by atoms with Crippen LogP contribution in [0.4, 0.5) is 0 Å². The molecule has 3 heteroatoms. The number of nitrogens with zero attached hydrogens (tertiary/aromatic N) is 1. The van der Waals surface area contributed by atoms with Crippen LogP contribution >= 0.6 is 0 Å². The molecule has 2 fully saturated rings. The van der Waals surface area contributed by atoms with Crippen LogP contribution in [-0.4, -0.2) is 34.2 Å². The van der Waals surface area contributed by atoms with E-state index in [0.717, 1.165) is 0 Å². The predicted molar refractivity (Wildman–Crippen MR) is 44.2 cm³/mol. The lowest BCUT2D eigenvalue weighted by atomic mass is 10.1. The minimum absolute atomic E-state index is 0.108. The first-order chi connectivity index (χ1) is 5.37. The first-order valence-electron chi connectivity index (χ1n) is 4.47. The Bertz CT molecular complexity index is 141. The maximum absolute atomic E-state index is 5.32. The van der Waals surface area contributed by atoms with Gasteiger partial charge in [-0.05, 0) is 25.7 Å². The summed E-state index contributed by atoms with van der Waals surface area (Å²) in [5, 5.41) is 0. The molecule has 3 radical (unpaired) electrons. The van der Waals surface area contributed by atoms with E-state index in [4.69, 9.17) is 4.43 Å². The van der Waals surface area contributed by atoms with Crippen molar-refractivity contribution >= 4 is 10.5 Å². The molecular formula is C8H14NOSi. The Morgan fingerprint density at radius 2 is 1.73 bits per heavy atom. The predicted octanol–water partition coefficient (Wildman–Crippen LogP) is 1.06. The van der Waals surface area contributed by atoms with Crippen LogP contribution in [0.15, 0.2) is 0 Å². The summed E-state index contributed by atoms with van der Waals surface area (Å²) in [6.45, 7) is 2.45. The molecular weight excluding hydrogens is 154 g/mol. The minimum atomic E-state index is 0.108. The van der Waals surface area contributed by atoms with Crippen LogP contribution in [0, 0.1) is 0 Å². The van der Waals surface area contributed by atoms with E-state index < -0.39 is 0 Å². The van der Waals surface area contributed by atoms with Crippen molar-refractivity contribution in [2.45, 2.75) is 37.8 Å². The van der Waals surface area contributed by atoms with E-state index in [9.17, 15) is 0 Å². The molecule has 2 rings (SSSR count). The van der Waals surface area contributed by atoms with Crippen molar-refractivity contribution in [2.24, 2.45) is 0 Å². The molecule has 1 aliphatic heterocycles. The highest BCUT2D eigenvalue weighted by molar-refractivity contribution is 5.98. The summed E-state index contributed by atoms with van der Waals surface area (Å²) in [6, 6.07) is 0. The van der Waals surface area contributed by atoms with Gasteiger partial charge in [0.1, 0.15) is 5.72 Å². The summed E-state index contributed by atoms with van der Waals surface area (Å²) in [7, 11) is 3.17. The summed E-state index contributed by atoms with van der Waals surface area (Å²) < 4.78 is 5.32. The van der Waals surface area contributed by atoms with Crippen molar-refractivity contribution in [3.8, 4) is 0 Å². The Balaban J connectivity index is 1.92. The topological polar surface area (TPSA) is 12.5 Å². The van der Waals surface area contributed by atoms with Crippen LogP contribution < -0.4 is 0 Å². The zero-order chi connectivity index (χ0) is 7.73. The molecule has 1 aliphatic carbocycles. The molecule has 61 valence electrons. The zero-order valence-electron chi connectivity index (χ0n) is 6.81. The van der Waals surface area contributed by atoms with Gasteiger partial charge in [0, 0.05) is 13.1 Å². The van der Waals surface area contributed by atoms with Gasteiger partial charge >= 0.3 is 0 Å². The molecule has 0 spiro atoms. The normalized spacial score (nSPS) is 30.3. The molecule has 0 unspecified atom stereocenters. The SMILES string of the molecule is [Si]OC1(N2CCCCC2)CC1. The van der Waals surface area contributed by atoms with Crippen molar-refractivity contribution in [1.29, 1.82) is 0 Å². The Hall–Kier alpha value is 0.137. The molecule has 0 aromatic heterocycles. The van der Waals surface area contributed by atoms with E-state index in [0.29, 0.717) is 0 Å². The summed E-state index contributed by atoms with van der Waals surface area (Å²) in [5.74, 6) is 0. The second-order valence-corrected chi connectivity index (χ2v) is 3.80. The fraction of sp³-hybridized carbons (Fsp3) is 1.00. The molecule has 1 heterocycles. The molecule has 11 heavy (non-hydrogen) atoms. The number of rotatable bonds is 2. The van der Waals surface area contributed by atoms with Gasteiger partial charge in [-0.3, -0.25) is 4.90 Å². The van der Waals surface area contributed by atoms with Gasteiger partial charge in [0.15, 0.2) is 0 Å². The average molecular weight is 168 g/mol. The van der Waals surface area contributed by atoms with Gasteiger partial charge in [-0.15, -0.1) is 0 Å². The first kappa shape index (κ1) is 7.77. The highest BCUT2D eigenvalue weighted by Crippen LogP contribution is 2.43. The third-order valence-corrected chi connectivity index (χ3v) is 3.18. The Labute approximate surface area is 71.4 Å². The van der Waals surface area contributed by atoms with Crippen molar-refractivity contribution < 1.29 is 4.43 Å². The summed E-state index contributed by atoms with van der Waals surface area (Å²) in [6.07, 6.45) is 6.50. The van der Waals surface area contributed by atoms with Gasteiger partial charge in [0.25, 0.3) is 0 Å². The van der Waals surface area contributed by atoms with Gasteiger partial charge < -0.3 is 4.43 Å². The van der Waals surface area contributed by atoms with Crippen LogP contribution in [0.5, 0.6) is 0 Å². The number of piperidine rings is 1. The third kappa shape index (κ3) is 1.37. The first-order valence-corrected chi connectivity index (χ1v) is 4.88. The van der Waals surface area contributed by atoms with E-state index in [1.165, 1.54) is 45.2 Å². The van der Waals surface area contributed by atoms with Crippen LogP contribution in [0.2, 0.25) is 0 Å². The van der Waals surface area contributed by atoms with Crippen molar-refractivity contribution in [1.82, 2.24) is 4.90 Å². The van der Waals surface area contributed by atoms with E-state index in [2.05, 4.69) is 15.4 Å². The fourth-order valence-corrected chi connectivity index (χ4v) is 2.22. The van der Waals surface area contributed by atoms with Crippen molar-refractivity contribution in [3.05, 3.63) is 0 Å². The molecule has 0 bridgehead atoms. The lowest BCUT2D eigenvalue weighted by Gasteiger charge is -2.33. The van der Waals surface area contributed by atoms with Crippen LogP contribution in [0.1, 0.15) is 32.1 Å². The van der Waals surface area contributed by atoms with Crippen LogP contribution in [0.3, 0.4) is 0 Å². The minimum Gasteiger partial charge on any atom is -0.401 e. The summed E-state index contributed by atoms with van der Waals surface area (Å²) in [5.41, 5.74) is 0.108. The number of hydrogen-bond donors (Lipinski definition) is 0. The van der Waals surface area contributed by atoms with E-state index in [1.807, 2.05) is 0 Å². The zero-order valence-corrected chi connectivity index (χ0v) is 7.81. The maximum Gasteiger partial charge on any atom is 0.248 e. The summed E-state index contributed by atoms with van der Waals surface area (Å²) in [4.78, 5) is 2.48. The molecule has 1 saturated carbocycles. The molecule has 0 atom stereocenters. The molecule has 2 aliphatic rings. The van der Waals surface area contributed by atoms with Crippen LogP contribution in [0.25, 0.3) is 0 Å². The van der Waals surface area contributed by atoms with E-state index in [-0.39, 0.29) is 5.72 Å². The maximum atomic E-state index is 5.32. The monoisotopic (exact) mass is 168 g/mol. The van der Waals surface area contributed by atoms with Gasteiger partial charge in [-0.25, -0.2) is 0 Å². The molecule has 0 aromatic carbocycles. The van der Waals surface area contributed by atoms with Crippen molar-refractivity contribution in [3.63, 3.8) is 0 Å². The van der Waals surface area contributed by atoms with Gasteiger partial charge in [0.2, 0.25) is 10.5 Å². The summed E-state index contributed by atoms with van der Waals surface area (Å²) >= 11 is 0. The average Bonchev–Trinajstić information content (AvgIpc) is 2.86. The fourth-order valence-electron chi connectivity index (χ4n) is 1.89. The lowest BCUT2D eigenvalue weighted by molar-refractivity contribution is -0.00562. The molecule has 0 amide bonds. The Morgan fingerprint density at radius 3 is 2.18 bits per heavy atom. The molecule has 1 saturated heterocycles. The van der Waals surface area contributed by atoms with Crippen molar-refractivity contribution in [2.75, 3.05) is 13.1 Å². The highest BCUT2D eigenvalue weighted by Gasteiger charge is 2.47. The molecule has 2 nitrogen and oxygen atoms in total. The Morgan fingerprint density at radius 1 is 1.09 bits per heavy atom. The second kappa shape index (κ2) is 2.88. The van der Waals surface area contributed by atoms with Gasteiger partial charge in [-0.2, -0.15) is 0 Å². The van der Waals surface area contributed by atoms with Crippen LogP contribution in [-0.2, 0) is 4.43 Å².